The quantitative estimate of drug-likeness (QED) is 0.629. The molecule has 1 aromatic carbocycles. The third-order valence-electron chi connectivity index (χ3n) is 2.39. The molecule has 0 saturated heterocycles. The van der Waals surface area contributed by atoms with Crippen molar-refractivity contribution in [2.45, 2.75) is 25.2 Å². The first-order chi connectivity index (χ1) is 7.66. The number of nitrogens with two attached hydrogens (primary N) is 1. The second kappa shape index (κ2) is 6.97. The third-order valence-corrected chi connectivity index (χ3v) is 4.97. The molecule has 0 aliphatic rings. The summed E-state index contributed by atoms with van der Waals surface area (Å²) in [6, 6.07) is 5.63. The molecule has 0 radical (unpaired) electrons. The standard InChI is InChI=1S/C12H19NOS2/c1-3-15-8-5-9-16(14)12-7-4-6-11(13)10(12)2/h4,6-7H,3,5,8-9,13H2,1-2H3. The number of nitrogen functional groups attached to an aromatic ring is 1. The van der Waals surface area contributed by atoms with E-state index in [0.29, 0.717) is 0 Å². The molecule has 0 aromatic heterocycles. The van der Waals surface area contributed by atoms with Crippen LogP contribution in [0.2, 0.25) is 0 Å². The predicted octanol–water partition coefficient (Wildman–Crippen LogP) is 2.83. The Morgan fingerprint density at radius 1 is 1.44 bits per heavy atom. The Hall–Kier alpha value is -0.480. The molecule has 4 heteroatoms. The van der Waals surface area contributed by atoms with Crippen molar-refractivity contribution in [1.29, 1.82) is 0 Å². The Balaban J connectivity index is 2.56. The summed E-state index contributed by atoms with van der Waals surface area (Å²) in [7, 11) is -0.902. The predicted molar refractivity (Wildman–Crippen MR) is 74.5 cm³/mol. The SMILES string of the molecule is CCSCCCS(=O)c1cccc(N)c1C. The number of thioether (sulfide) groups is 1. The highest BCUT2D eigenvalue weighted by Crippen LogP contribution is 2.19. The number of hydrogen-bond acceptors (Lipinski definition) is 3. The lowest BCUT2D eigenvalue weighted by Gasteiger charge is -2.07. The van der Waals surface area contributed by atoms with Gasteiger partial charge in [-0.05, 0) is 42.5 Å². The van der Waals surface area contributed by atoms with Crippen molar-refractivity contribution in [2.24, 2.45) is 0 Å². The van der Waals surface area contributed by atoms with E-state index in [4.69, 9.17) is 5.73 Å². The van der Waals surface area contributed by atoms with Gasteiger partial charge in [0.15, 0.2) is 0 Å². The van der Waals surface area contributed by atoms with Crippen LogP contribution in [0.1, 0.15) is 18.9 Å². The topological polar surface area (TPSA) is 43.1 Å². The van der Waals surface area contributed by atoms with Gasteiger partial charge in [0.05, 0.1) is 10.8 Å². The molecule has 0 fully saturated rings. The minimum Gasteiger partial charge on any atom is -0.398 e. The van der Waals surface area contributed by atoms with E-state index in [9.17, 15) is 4.21 Å². The van der Waals surface area contributed by atoms with Crippen LogP contribution in [0, 0.1) is 6.92 Å². The summed E-state index contributed by atoms with van der Waals surface area (Å²) in [5.74, 6) is 2.95. The highest BCUT2D eigenvalue weighted by molar-refractivity contribution is 7.99. The van der Waals surface area contributed by atoms with Gasteiger partial charge in [-0.3, -0.25) is 4.21 Å². The van der Waals surface area contributed by atoms with Gasteiger partial charge >= 0.3 is 0 Å². The van der Waals surface area contributed by atoms with Crippen LogP contribution in [0.4, 0.5) is 5.69 Å². The molecule has 0 aliphatic heterocycles. The normalized spacial score (nSPS) is 12.6. The van der Waals surface area contributed by atoms with Gasteiger partial charge in [0.25, 0.3) is 0 Å². The van der Waals surface area contributed by atoms with Crippen LogP contribution in [0.15, 0.2) is 23.1 Å². The molecule has 0 heterocycles. The Bertz CT molecular complexity index is 366. The molecule has 0 amide bonds. The van der Waals surface area contributed by atoms with Crippen molar-refractivity contribution >= 4 is 28.2 Å². The molecule has 90 valence electrons. The third kappa shape index (κ3) is 3.83. The Labute approximate surface area is 104 Å². The molecule has 2 nitrogen and oxygen atoms in total. The largest absolute Gasteiger partial charge is 0.398 e. The molecule has 0 aliphatic carbocycles. The van der Waals surface area contributed by atoms with Gasteiger partial charge in [0.1, 0.15) is 0 Å². The zero-order chi connectivity index (χ0) is 12.0. The maximum absolute atomic E-state index is 12.0. The second-order valence-corrected chi connectivity index (χ2v) is 6.50. The van der Waals surface area contributed by atoms with Crippen molar-refractivity contribution in [3.8, 4) is 0 Å². The van der Waals surface area contributed by atoms with Crippen LogP contribution in [0.25, 0.3) is 0 Å². The van der Waals surface area contributed by atoms with Crippen molar-refractivity contribution in [3.05, 3.63) is 23.8 Å². The van der Waals surface area contributed by atoms with Gasteiger partial charge in [0.2, 0.25) is 0 Å². The molecule has 16 heavy (non-hydrogen) atoms. The van der Waals surface area contributed by atoms with E-state index in [0.717, 1.165) is 39.8 Å². The Kier molecular flexibility index (Phi) is 5.91. The van der Waals surface area contributed by atoms with E-state index >= 15 is 0 Å². The number of anilines is 1. The molecule has 0 bridgehead atoms. The van der Waals surface area contributed by atoms with Crippen LogP contribution in [0.3, 0.4) is 0 Å². The number of hydrogen-bond donors (Lipinski definition) is 1. The van der Waals surface area contributed by atoms with E-state index < -0.39 is 10.8 Å². The fraction of sp³-hybridized carbons (Fsp3) is 0.500. The van der Waals surface area contributed by atoms with Crippen LogP contribution in [-0.4, -0.2) is 21.5 Å². The van der Waals surface area contributed by atoms with Gasteiger partial charge in [-0.2, -0.15) is 11.8 Å². The lowest BCUT2D eigenvalue weighted by atomic mass is 10.2. The van der Waals surface area contributed by atoms with Gasteiger partial charge in [-0.1, -0.05) is 13.0 Å². The van der Waals surface area contributed by atoms with E-state index in [1.807, 2.05) is 36.9 Å². The molecule has 0 spiro atoms. The van der Waals surface area contributed by atoms with E-state index in [1.54, 1.807) is 0 Å². The second-order valence-electron chi connectivity index (χ2n) is 3.57. The van der Waals surface area contributed by atoms with Gasteiger partial charge in [-0.15, -0.1) is 0 Å². The summed E-state index contributed by atoms with van der Waals surface area (Å²) < 4.78 is 12.0. The Morgan fingerprint density at radius 3 is 2.88 bits per heavy atom. The molecule has 1 aromatic rings. The Morgan fingerprint density at radius 2 is 2.19 bits per heavy atom. The molecule has 0 saturated carbocycles. The van der Waals surface area contributed by atoms with Crippen LogP contribution in [-0.2, 0) is 10.8 Å². The van der Waals surface area contributed by atoms with Crippen LogP contribution < -0.4 is 5.73 Å². The number of rotatable bonds is 6. The van der Waals surface area contributed by atoms with Gasteiger partial charge < -0.3 is 5.73 Å². The minimum atomic E-state index is -0.902. The molecule has 1 atom stereocenters. The average molecular weight is 257 g/mol. The fourth-order valence-electron chi connectivity index (χ4n) is 1.42. The maximum atomic E-state index is 12.0. The van der Waals surface area contributed by atoms with Crippen LogP contribution in [0.5, 0.6) is 0 Å². The lowest BCUT2D eigenvalue weighted by molar-refractivity contribution is 0.681. The smallest absolute Gasteiger partial charge is 0.0533 e. The summed E-state index contributed by atoms with van der Waals surface area (Å²) in [6.45, 7) is 4.08. The van der Waals surface area contributed by atoms with Crippen molar-refractivity contribution in [3.63, 3.8) is 0 Å². The zero-order valence-corrected chi connectivity index (χ0v) is 11.5. The molecule has 1 unspecified atom stereocenters. The van der Waals surface area contributed by atoms with Gasteiger partial charge in [0, 0.05) is 16.3 Å². The summed E-state index contributed by atoms with van der Waals surface area (Å²) in [5.41, 5.74) is 7.49. The molecule has 1 rings (SSSR count). The summed E-state index contributed by atoms with van der Waals surface area (Å²) in [5, 5.41) is 0. The van der Waals surface area contributed by atoms with E-state index in [-0.39, 0.29) is 0 Å². The summed E-state index contributed by atoms with van der Waals surface area (Å²) in [4.78, 5) is 0.890. The first-order valence-corrected chi connectivity index (χ1v) is 7.95. The first kappa shape index (κ1) is 13.6. The highest BCUT2D eigenvalue weighted by Gasteiger charge is 2.08. The van der Waals surface area contributed by atoms with Crippen molar-refractivity contribution in [2.75, 3.05) is 23.0 Å². The summed E-state index contributed by atoms with van der Waals surface area (Å²) in [6.07, 6.45) is 0.999. The molecular weight excluding hydrogens is 238 g/mol. The molecule has 2 N–H and O–H groups in total. The van der Waals surface area contributed by atoms with E-state index in [1.165, 1.54) is 0 Å². The van der Waals surface area contributed by atoms with Crippen LogP contribution >= 0.6 is 11.8 Å². The number of benzene rings is 1. The zero-order valence-electron chi connectivity index (χ0n) is 9.86. The van der Waals surface area contributed by atoms with Crippen molar-refractivity contribution < 1.29 is 4.21 Å². The van der Waals surface area contributed by atoms with E-state index in [2.05, 4.69) is 6.92 Å². The van der Waals surface area contributed by atoms with Crippen molar-refractivity contribution in [1.82, 2.24) is 0 Å². The van der Waals surface area contributed by atoms with Gasteiger partial charge in [-0.25, -0.2) is 0 Å². The maximum Gasteiger partial charge on any atom is 0.0533 e. The summed E-state index contributed by atoms with van der Waals surface area (Å²) >= 11 is 1.89. The minimum absolute atomic E-state index is 0.730. The lowest BCUT2D eigenvalue weighted by Crippen LogP contribution is -2.03. The average Bonchev–Trinajstić information content (AvgIpc) is 2.28. The molecular formula is C12H19NOS2. The first-order valence-electron chi connectivity index (χ1n) is 5.48. The fourth-order valence-corrected chi connectivity index (χ4v) is 3.56. The highest BCUT2D eigenvalue weighted by atomic mass is 32.2. The monoisotopic (exact) mass is 257 g/mol.